The molecule has 0 bridgehead atoms. The number of aryl methyl sites for hydroxylation is 3. The molecule has 2 amide bonds. The van der Waals surface area contributed by atoms with Crippen LogP contribution in [0.1, 0.15) is 55.8 Å². The summed E-state index contributed by atoms with van der Waals surface area (Å²) in [5.41, 5.74) is 9.65. The number of nitrogens with one attached hydrogen (secondary N) is 3. The SMILES string of the molecule is CC=C(C#N)C#N.COc1ccccc1NC(=O)C(N=Nc1c(C#N)cnn1-c1nc(C)ns1)C(C)=O.COc1ccccc1NC(=O)CC(C)=O.Cc1nsc(-n2ncc(C#N)c2N)n1.Cc1nsc(NN)n1.O=N[O-].[Na+]. The topological polar surface area (TPSA) is 460 Å². The summed E-state index contributed by atoms with van der Waals surface area (Å²) in [4.78, 5) is 66.9. The van der Waals surface area contributed by atoms with Gasteiger partial charge in [-0.05, 0) is 65.8 Å². The molecule has 2 aromatic carbocycles. The Hall–Kier alpha value is -9.32. The van der Waals surface area contributed by atoms with Crippen molar-refractivity contribution in [2.45, 2.75) is 54.0 Å². The van der Waals surface area contributed by atoms with Crippen LogP contribution >= 0.6 is 34.6 Å². The molecule has 78 heavy (non-hydrogen) atoms. The zero-order valence-corrected chi connectivity index (χ0v) is 47.3. The maximum absolute atomic E-state index is 12.6. The number of nitriles is 4. The molecule has 0 aliphatic carbocycles. The number of nitrogen functional groups attached to an aromatic ring is 2. The average molecular weight is 1130 g/mol. The largest absolute Gasteiger partial charge is 1.00 e. The van der Waals surface area contributed by atoms with Crippen LogP contribution in [0, 0.1) is 76.2 Å². The van der Waals surface area contributed by atoms with Gasteiger partial charge < -0.3 is 36.0 Å². The zero-order valence-electron chi connectivity index (χ0n) is 42.9. The number of hydrogen-bond acceptors (Lipinski definition) is 29. The van der Waals surface area contributed by atoms with Crippen LogP contribution in [0.25, 0.3) is 10.3 Å². The number of carbonyl (C=O) groups excluding carboxylic acids is 4. The third-order valence-corrected chi connectivity index (χ3v) is 10.7. The number of allylic oxidation sites excluding steroid dienone is 2. The van der Waals surface area contributed by atoms with Crippen molar-refractivity contribution in [2.24, 2.45) is 21.4 Å². The fourth-order valence-corrected chi connectivity index (χ4v) is 6.83. The number of amides is 2. The van der Waals surface area contributed by atoms with Gasteiger partial charge in [0.1, 0.15) is 81.6 Å². The number of rotatable bonds is 13. The number of Topliss-reactive ketones (excluding diaryl/α,β-unsaturated/α-hetero) is 2. The number of hydrogen-bond donors (Lipinski definition) is 5. The first-order valence-electron chi connectivity index (χ1n) is 21.2. The summed E-state index contributed by atoms with van der Waals surface area (Å²) in [6.07, 6.45) is 4.06. The fourth-order valence-electron chi connectivity index (χ4n) is 5.06. The van der Waals surface area contributed by atoms with Crippen LogP contribution in [-0.4, -0.2) is 91.3 Å². The first-order chi connectivity index (χ1) is 36.9. The molecule has 0 aliphatic rings. The van der Waals surface area contributed by atoms with Crippen LogP contribution in [0.2, 0.25) is 0 Å². The molecule has 0 saturated heterocycles. The van der Waals surface area contributed by atoms with E-state index in [1.807, 2.05) is 19.1 Å². The molecule has 0 spiro atoms. The van der Waals surface area contributed by atoms with Crippen molar-refractivity contribution in [3.63, 3.8) is 0 Å². The molecule has 1 atom stereocenters. The van der Waals surface area contributed by atoms with Crippen molar-refractivity contribution < 1.29 is 58.2 Å². The molecule has 1 unspecified atom stereocenters. The van der Waals surface area contributed by atoms with Crippen molar-refractivity contribution in [1.82, 2.24) is 47.6 Å². The fraction of sp³-hybridized carbons (Fsp3) is 0.227. The Morgan fingerprint density at radius 1 is 0.782 bits per heavy atom. The summed E-state index contributed by atoms with van der Waals surface area (Å²) in [5, 5.41) is 65.7. The van der Waals surface area contributed by atoms with Crippen molar-refractivity contribution in [1.29, 1.82) is 21.0 Å². The van der Waals surface area contributed by atoms with Gasteiger partial charge in [-0.1, -0.05) is 30.3 Å². The van der Waals surface area contributed by atoms with E-state index in [1.165, 1.54) is 79.0 Å². The maximum atomic E-state index is 12.6. The van der Waals surface area contributed by atoms with Crippen molar-refractivity contribution >= 4 is 86.1 Å². The van der Waals surface area contributed by atoms with E-state index >= 15 is 0 Å². The number of nitrogens with two attached hydrogens (primary N) is 2. The minimum absolute atomic E-state index is 0. The number of para-hydroxylation sites is 4. The molecular weight excluding hydrogens is 1080 g/mol. The Morgan fingerprint density at radius 3 is 1.64 bits per heavy atom. The number of ketones is 2. The van der Waals surface area contributed by atoms with Crippen LogP contribution in [0.4, 0.5) is 28.1 Å². The van der Waals surface area contributed by atoms with Gasteiger partial charge in [0.15, 0.2) is 11.6 Å². The molecule has 0 saturated carbocycles. The molecule has 5 aromatic heterocycles. The second kappa shape index (κ2) is 35.8. The van der Waals surface area contributed by atoms with E-state index in [0.29, 0.717) is 61.3 Å². The van der Waals surface area contributed by atoms with Gasteiger partial charge in [-0.25, -0.2) is 20.8 Å². The van der Waals surface area contributed by atoms with Crippen LogP contribution in [0.5, 0.6) is 11.5 Å². The zero-order chi connectivity index (χ0) is 57.5. The Labute approximate surface area is 478 Å². The van der Waals surface area contributed by atoms with Crippen LogP contribution < -0.4 is 66.7 Å². The third kappa shape index (κ3) is 21.9. The van der Waals surface area contributed by atoms with Crippen LogP contribution in [0.15, 0.2) is 88.1 Å². The molecular formula is C44H45N22NaO8S3. The van der Waals surface area contributed by atoms with Crippen molar-refractivity contribution in [3.8, 4) is 46.0 Å². The van der Waals surface area contributed by atoms with Gasteiger partial charge in [-0.3, -0.25) is 24.6 Å². The average Bonchev–Trinajstić information content (AvgIpc) is 4.28. The van der Waals surface area contributed by atoms with Crippen molar-refractivity contribution in [2.75, 3.05) is 36.0 Å². The summed E-state index contributed by atoms with van der Waals surface area (Å²) < 4.78 is 24.9. The third-order valence-electron chi connectivity index (χ3n) is 8.42. The molecule has 7 aromatic rings. The monoisotopic (exact) mass is 1130 g/mol. The molecule has 0 radical (unpaired) electrons. The second-order valence-electron chi connectivity index (χ2n) is 14.0. The number of azo groups is 1. The van der Waals surface area contributed by atoms with Crippen LogP contribution in [0.3, 0.4) is 0 Å². The van der Waals surface area contributed by atoms with Gasteiger partial charge >= 0.3 is 29.6 Å². The molecule has 30 nitrogen and oxygen atoms in total. The summed E-state index contributed by atoms with van der Waals surface area (Å²) in [6, 6.07) is 19.7. The quantitative estimate of drug-likeness (QED) is 0.0211. The molecule has 5 heterocycles. The molecule has 34 heteroatoms. The number of anilines is 4. The molecule has 7 N–H and O–H groups in total. The minimum atomic E-state index is -1.43. The van der Waals surface area contributed by atoms with Crippen molar-refractivity contribution in [3.05, 3.63) is 111 Å². The van der Waals surface area contributed by atoms with E-state index in [1.54, 1.807) is 81.4 Å². The number of carbonyl (C=O) groups is 4. The van der Waals surface area contributed by atoms with Gasteiger partial charge in [0.05, 0.1) is 44.4 Å². The smallest absolute Gasteiger partial charge is 0.495 e. The van der Waals surface area contributed by atoms with E-state index in [9.17, 15) is 24.4 Å². The predicted octanol–water partition coefficient (Wildman–Crippen LogP) is 3.06. The Bertz CT molecular complexity index is 3320. The molecule has 0 fully saturated rings. The van der Waals surface area contributed by atoms with E-state index in [0.717, 1.165) is 22.7 Å². The van der Waals surface area contributed by atoms with Gasteiger partial charge in [0, 0.05) is 34.6 Å². The summed E-state index contributed by atoms with van der Waals surface area (Å²) in [5.74, 6) is 6.62. The van der Waals surface area contributed by atoms with E-state index in [4.69, 9.17) is 47.0 Å². The van der Waals surface area contributed by atoms with Crippen LogP contribution in [-0.2, 0) is 19.2 Å². The first kappa shape index (κ1) is 66.7. The summed E-state index contributed by atoms with van der Waals surface area (Å²) in [7, 11) is 2.99. The van der Waals surface area contributed by atoms with Gasteiger partial charge in [0.2, 0.25) is 27.3 Å². The van der Waals surface area contributed by atoms with Gasteiger partial charge in [-0.15, -0.1) is 10.5 Å². The number of ether oxygens (including phenoxy) is 2. The first-order valence-corrected chi connectivity index (χ1v) is 23.5. The predicted molar refractivity (Wildman–Crippen MR) is 282 cm³/mol. The number of benzene rings is 2. The Balaban J connectivity index is 0.000000532. The number of methoxy groups -OCH3 is 2. The Morgan fingerprint density at radius 2 is 1.26 bits per heavy atom. The molecule has 7 rings (SSSR count). The van der Waals surface area contributed by atoms with Gasteiger partial charge in [0.25, 0.3) is 5.91 Å². The number of nitrogens with zero attached hydrogens (tertiary/aromatic N) is 17. The Kier molecular flexibility index (Phi) is 30.6. The number of aromatic nitrogens is 10. The standard InChI is InChI=1S/C18H16N8O3S.C11H13NO3.C7H6N6S.C5H4N2.C3H6N4S.HNO2.Na/c1-10(27)15(17(28)22-13-6-4-5-7-14(13)29-3)23-24-16-12(8-19)9-20-26(16)18-21-11(2)25-30-18;1-8(13)7-11(14)12-9-5-3-4-6-10(9)15-2;1-4-11-7(14-12-4)13-6(9)5(2-8)3-10-13;1-2-5(3-6)4-7;1-2-5-3(6-4)8-7-2;2-1-3;/h4-7,9,15H,1-3H3,(H,22,28);3-6H,7H2,1-2H3,(H,12,14);3H,9H2,1H3;2H,1H3;4H2,1H3,(H,5,6,7);(H,2,3);/q;;;;;;+1/p-1. The van der Waals surface area contributed by atoms with E-state index < -0.39 is 17.7 Å². The minimum Gasteiger partial charge on any atom is -0.495 e. The van der Waals surface area contributed by atoms with E-state index in [2.05, 4.69) is 64.6 Å². The number of hydrazine groups is 1. The summed E-state index contributed by atoms with van der Waals surface area (Å²) >= 11 is 3.50. The molecule has 0 aliphatic heterocycles. The second-order valence-corrected chi connectivity index (χ2v) is 16.2. The maximum Gasteiger partial charge on any atom is 1.00 e. The molecule has 398 valence electrons. The summed E-state index contributed by atoms with van der Waals surface area (Å²) in [6.45, 7) is 9.57. The van der Waals surface area contributed by atoms with E-state index in [-0.39, 0.29) is 64.6 Å². The van der Waals surface area contributed by atoms with Gasteiger partial charge in [-0.2, -0.15) is 58.8 Å². The normalized spacial score (nSPS) is 9.76.